The third-order valence-electron chi connectivity index (χ3n) is 4.85. The van der Waals surface area contributed by atoms with E-state index < -0.39 is 0 Å². The van der Waals surface area contributed by atoms with Gasteiger partial charge in [-0.15, -0.1) is 5.10 Å². The second kappa shape index (κ2) is 7.94. The molecule has 9 heteroatoms. The maximum atomic E-state index is 13.2. The Hall–Kier alpha value is -3.75. The topological polar surface area (TPSA) is 110 Å². The summed E-state index contributed by atoms with van der Waals surface area (Å²) in [5.41, 5.74) is 3.28. The Bertz CT molecular complexity index is 1240. The number of H-pyrrole nitrogens is 1. The lowest BCUT2D eigenvalue weighted by Gasteiger charge is -2.16. The summed E-state index contributed by atoms with van der Waals surface area (Å²) in [7, 11) is 0. The monoisotopic (exact) mass is 405 g/mol. The number of rotatable bonds is 6. The summed E-state index contributed by atoms with van der Waals surface area (Å²) in [6, 6.07) is 7.78. The highest BCUT2D eigenvalue weighted by Crippen LogP contribution is 2.22. The molecule has 1 aromatic carbocycles. The summed E-state index contributed by atoms with van der Waals surface area (Å²) in [5.74, 6) is 0.517. The maximum absolute atomic E-state index is 13.2. The van der Waals surface area contributed by atoms with Gasteiger partial charge in [-0.3, -0.25) is 14.2 Å². The minimum absolute atomic E-state index is 0.0434. The number of hydrogen-bond donors (Lipinski definition) is 2. The highest BCUT2D eigenvalue weighted by atomic mass is 16.1. The Morgan fingerprint density at radius 1 is 1.20 bits per heavy atom. The molecular weight excluding hydrogens is 382 g/mol. The van der Waals surface area contributed by atoms with Crippen molar-refractivity contribution in [1.29, 1.82) is 0 Å². The van der Waals surface area contributed by atoms with Crippen LogP contribution >= 0.6 is 0 Å². The van der Waals surface area contributed by atoms with Crippen LogP contribution < -0.4 is 10.9 Å². The number of benzene rings is 1. The molecule has 1 amide bonds. The fourth-order valence-electron chi connectivity index (χ4n) is 3.39. The summed E-state index contributed by atoms with van der Waals surface area (Å²) >= 11 is 0. The summed E-state index contributed by atoms with van der Waals surface area (Å²) in [5, 5.41) is 7.56. The predicted octanol–water partition coefficient (Wildman–Crippen LogP) is 2.21. The molecule has 0 fully saturated rings. The normalized spacial score (nSPS) is 11.3. The van der Waals surface area contributed by atoms with Crippen molar-refractivity contribution in [3.8, 4) is 22.8 Å². The summed E-state index contributed by atoms with van der Waals surface area (Å²) in [6.45, 7) is 5.98. The van der Waals surface area contributed by atoms with Crippen LogP contribution in [0.5, 0.6) is 0 Å². The van der Waals surface area contributed by atoms with Crippen molar-refractivity contribution in [3.05, 3.63) is 58.9 Å². The van der Waals surface area contributed by atoms with Gasteiger partial charge >= 0.3 is 0 Å². The molecule has 0 aliphatic rings. The first-order valence-electron chi connectivity index (χ1n) is 9.79. The van der Waals surface area contributed by atoms with Crippen molar-refractivity contribution < 1.29 is 4.79 Å². The van der Waals surface area contributed by atoms with Gasteiger partial charge in [0.2, 0.25) is 11.6 Å². The van der Waals surface area contributed by atoms with Crippen molar-refractivity contribution >= 4 is 11.6 Å². The second-order valence-electron chi connectivity index (χ2n) is 7.36. The van der Waals surface area contributed by atoms with Gasteiger partial charge in [0.15, 0.2) is 5.82 Å². The van der Waals surface area contributed by atoms with E-state index in [4.69, 9.17) is 5.10 Å². The third-order valence-corrected chi connectivity index (χ3v) is 4.85. The highest BCUT2D eigenvalue weighted by molar-refractivity contribution is 5.72. The average Bonchev–Trinajstić information content (AvgIpc) is 3.37. The zero-order chi connectivity index (χ0) is 21.3. The second-order valence-corrected chi connectivity index (χ2v) is 7.36. The lowest BCUT2D eigenvalue weighted by atomic mass is 10.1. The maximum Gasteiger partial charge on any atom is 0.297 e. The molecule has 0 spiro atoms. The number of carbonyl (C=O) groups excluding carboxylic acids is 1. The van der Waals surface area contributed by atoms with Crippen LogP contribution in [0.2, 0.25) is 0 Å². The SMILES string of the molecule is CC(=O)NCCc1ccc(-c2nn3c(-c4c[nH]cn4)cnc3c(=O)n2C(C)C)cc1. The molecule has 2 N–H and O–H groups in total. The van der Waals surface area contributed by atoms with Gasteiger partial charge in [0.05, 0.1) is 12.5 Å². The van der Waals surface area contributed by atoms with Gasteiger partial charge in [-0.25, -0.2) is 14.5 Å². The number of nitrogens with zero attached hydrogens (tertiary/aromatic N) is 5. The summed E-state index contributed by atoms with van der Waals surface area (Å²) in [4.78, 5) is 35.7. The van der Waals surface area contributed by atoms with E-state index in [0.717, 1.165) is 17.5 Å². The van der Waals surface area contributed by atoms with Crippen LogP contribution in [0.25, 0.3) is 28.4 Å². The molecule has 0 saturated heterocycles. The third kappa shape index (κ3) is 3.61. The Morgan fingerprint density at radius 2 is 1.97 bits per heavy atom. The van der Waals surface area contributed by atoms with E-state index in [9.17, 15) is 9.59 Å². The number of aromatic nitrogens is 6. The molecule has 0 saturated carbocycles. The van der Waals surface area contributed by atoms with Crippen LogP contribution in [0.3, 0.4) is 0 Å². The van der Waals surface area contributed by atoms with Crippen molar-refractivity contribution in [3.63, 3.8) is 0 Å². The van der Waals surface area contributed by atoms with Crippen LogP contribution in [-0.4, -0.2) is 41.6 Å². The van der Waals surface area contributed by atoms with Gasteiger partial charge in [-0.05, 0) is 25.8 Å². The van der Waals surface area contributed by atoms with Crippen LogP contribution in [0, 0.1) is 0 Å². The number of fused-ring (bicyclic) bond motifs is 1. The molecule has 0 aliphatic heterocycles. The highest BCUT2D eigenvalue weighted by Gasteiger charge is 2.19. The van der Waals surface area contributed by atoms with Gasteiger partial charge in [0, 0.05) is 31.3 Å². The van der Waals surface area contributed by atoms with E-state index in [1.807, 2.05) is 38.1 Å². The molecule has 0 bridgehead atoms. The van der Waals surface area contributed by atoms with E-state index in [2.05, 4.69) is 20.3 Å². The lowest BCUT2D eigenvalue weighted by Crippen LogP contribution is -2.27. The number of carbonyl (C=O) groups is 1. The lowest BCUT2D eigenvalue weighted by molar-refractivity contribution is -0.118. The van der Waals surface area contributed by atoms with Crippen molar-refractivity contribution in [1.82, 2.24) is 34.4 Å². The molecule has 3 heterocycles. The zero-order valence-corrected chi connectivity index (χ0v) is 17.1. The van der Waals surface area contributed by atoms with Gasteiger partial charge in [0.1, 0.15) is 11.4 Å². The van der Waals surface area contributed by atoms with E-state index in [-0.39, 0.29) is 23.2 Å². The average molecular weight is 405 g/mol. The van der Waals surface area contributed by atoms with E-state index in [0.29, 0.717) is 23.8 Å². The van der Waals surface area contributed by atoms with E-state index in [1.54, 1.807) is 27.8 Å². The first-order valence-corrected chi connectivity index (χ1v) is 9.79. The number of nitrogens with one attached hydrogen (secondary N) is 2. The first kappa shape index (κ1) is 19.6. The fourth-order valence-corrected chi connectivity index (χ4v) is 3.39. The van der Waals surface area contributed by atoms with Crippen molar-refractivity contribution in [2.75, 3.05) is 6.54 Å². The van der Waals surface area contributed by atoms with Crippen LogP contribution in [0.15, 0.2) is 47.8 Å². The fraction of sp³-hybridized carbons (Fsp3) is 0.286. The standard InChI is InChI=1S/C21H23N7O2/c1-13(2)27-19(16-6-4-15(5-7-16)8-9-23-14(3)29)26-28-18(17-10-22-12-25-17)11-24-20(28)21(27)30/h4-7,10-13H,8-9H2,1-3H3,(H,22,25)(H,23,29). The van der Waals surface area contributed by atoms with Gasteiger partial charge < -0.3 is 10.3 Å². The molecule has 9 nitrogen and oxygen atoms in total. The predicted molar refractivity (Wildman–Crippen MR) is 113 cm³/mol. The molecule has 0 atom stereocenters. The van der Waals surface area contributed by atoms with Crippen LogP contribution in [0.1, 0.15) is 32.4 Å². The summed E-state index contributed by atoms with van der Waals surface area (Å²) in [6.07, 6.45) is 5.65. The van der Waals surface area contributed by atoms with Crippen molar-refractivity contribution in [2.24, 2.45) is 0 Å². The minimum Gasteiger partial charge on any atom is -0.356 e. The van der Waals surface area contributed by atoms with Crippen LogP contribution in [0.4, 0.5) is 0 Å². The molecule has 0 radical (unpaired) electrons. The molecule has 3 aromatic heterocycles. The Morgan fingerprint density at radius 3 is 2.60 bits per heavy atom. The zero-order valence-electron chi connectivity index (χ0n) is 17.1. The molecule has 0 aliphatic carbocycles. The Kier molecular flexibility index (Phi) is 5.18. The molecular formula is C21H23N7O2. The quantitative estimate of drug-likeness (QED) is 0.511. The first-order chi connectivity index (χ1) is 14.5. The van der Waals surface area contributed by atoms with E-state index >= 15 is 0 Å². The molecule has 4 rings (SSSR count). The largest absolute Gasteiger partial charge is 0.356 e. The van der Waals surface area contributed by atoms with Crippen molar-refractivity contribution in [2.45, 2.75) is 33.2 Å². The molecule has 4 aromatic rings. The minimum atomic E-state index is -0.202. The summed E-state index contributed by atoms with van der Waals surface area (Å²) < 4.78 is 3.21. The number of amides is 1. The molecule has 30 heavy (non-hydrogen) atoms. The Balaban J connectivity index is 1.79. The van der Waals surface area contributed by atoms with Gasteiger partial charge in [0.25, 0.3) is 5.56 Å². The smallest absolute Gasteiger partial charge is 0.297 e. The molecule has 0 unspecified atom stereocenters. The van der Waals surface area contributed by atoms with Gasteiger partial charge in [-0.1, -0.05) is 24.3 Å². The molecule has 154 valence electrons. The van der Waals surface area contributed by atoms with E-state index in [1.165, 1.54) is 6.92 Å². The van der Waals surface area contributed by atoms with Crippen LogP contribution in [-0.2, 0) is 11.2 Å². The number of aromatic amines is 1. The number of hydrogen-bond acceptors (Lipinski definition) is 5. The Labute approximate surface area is 172 Å². The number of imidazole rings is 2. The van der Waals surface area contributed by atoms with Gasteiger partial charge in [-0.2, -0.15) is 0 Å².